The fourth-order valence-corrected chi connectivity index (χ4v) is 5.35. The largest absolute Gasteiger partial charge is 0.454 e. The highest BCUT2D eigenvalue weighted by Crippen LogP contribution is 2.42. The molecule has 0 radical (unpaired) electrons. The van der Waals surface area contributed by atoms with Crippen molar-refractivity contribution in [2.24, 2.45) is 5.92 Å². The van der Waals surface area contributed by atoms with Gasteiger partial charge in [-0.25, -0.2) is 0 Å². The predicted molar refractivity (Wildman–Crippen MR) is 130 cm³/mol. The smallest absolute Gasteiger partial charge is 0.254 e. The number of hydrogen-bond acceptors (Lipinski definition) is 5. The second-order valence-corrected chi connectivity index (χ2v) is 9.65. The Hall–Kier alpha value is -3.01. The summed E-state index contributed by atoms with van der Waals surface area (Å²) >= 11 is 0. The Balaban J connectivity index is 1.37. The number of benzene rings is 2. The third kappa shape index (κ3) is 4.38. The summed E-state index contributed by atoms with van der Waals surface area (Å²) in [5.41, 5.74) is 2.83. The van der Waals surface area contributed by atoms with E-state index in [2.05, 4.69) is 54.9 Å². The summed E-state index contributed by atoms with van der Waals surface area (Å²) in [6.07, 6.45) is 1.96. The third-order valence-electron chi connectivity index (χ3n) is 7.08. The van der Waals surface area contributed by atoms with Gasteiger partial charge in [0.05, 0.1) is 6.61 Å². The summed E-state index contributed by atoms with van der Waals surface area (Å²) in [4.78, 5) is 17.8. The lowest BCUT2D eigenvalue weighted by molar-refractivity contribution is -0.0606. The number of amides is 1. The molecule has 0 unspecified atom stereocenters. The van der Waals surface area contributed by atoms with Crippen LogP contribution in [0.3, 0.4) is 0 Å². The minimum atomic E-state index is 0.0191. The van der Waals surface area contributed by atoms with Crippen molar-refractivity contribution in [1.82, 2.24) is 9.80 Å². The second kappa shape index (κ2) is 9.69. The van der Waals surface area contributed by atoms with Gasteiger partial charge in [-0.1, -0.05) is 37.8 Å². The molecule has 2 aromatic rings. The minimum absolute atomic E-state index is 0.0191. The molecule has 2 aromatic carbocycles. The molecule has 0 saturated carbocycles. The highest BCUT2D eigenvalue weighted by atomic mass is 16.7. The van der Waals surface area contributed by atoms with Crippen LogP contribution in [0.5, 0.6) is 11.5 Å². The third-order valence-corrected chi connectivity index (χ3v) is 7.08. The van der Waals surface area contributed by atoms with Crippen molar-refractivity contribution in [3.8, 4) is 23.3 Å². The first-order valence-electron chi connectivity index (χ1n) is 12.2. The van der Waals surface area contributed by atoms with E-state index in [-0.39, 0.29) is 37.3 Å². The molecular weight excluding hydrogens is 428 g/mol. The van der Waals surface area contributed by atoms with Crippen LogP contribution in [0.2, 0.25) is 0 Å². The van der Waals surface area contributed by atoms with Gasteiger partial charge >= 0.3 is 0 Å². The van der Waals surface area contributed by atoms with E-state index in [1.807, 2.05) is 17.0 Å². The zero-order valence-corrected chi connectivity index (χ0v) is 19.9. The molecule has 2 fully saturated rings. The number of aliphatic hydroxyl groups is 1. The van der Waals surface area contributed by atoms with Gasteiger partial charge in [-0.2, -0.15) is 0 Å². The van der Waals surface area contributed by atoms with Crippen molar-refractivity contribution in [3.05, 3.63) is 59.2 Å². The number of carbonyl (C=O) groups excluding carboxylic acids is 1. The molecule has 0 aromatic heterocycles. The van der Waals surface area contributed by atoms with Gasteiger partial charge in [-0.3, -0.25) is 9.69 Å². The van der Waals surface area contributed by atoms with Crippen molar-refractivity contribution in [2.75, 3.05) is 33.0 Å². The molecule has 6 nitrogen and oxygen atoms in total. The molecule has 3 heterocycles. The maximum absolute atomic E-state index is 13.5. The van der Waals surface area contributed by atoms with Crippen LogP contribution >= 0.6 is 0 Å². The molecule has 34 heavy (non-hydrogen) atoms. The zero-order valence-electron chi connectivity index (χ0n) is 19.9. The molecule has 1 amide bonds. The van der Waals surface area contributed by atoms with Gasteiger partial charge in [0.25, 0.3) is 5.91 Å². The van der Waals surface area contributed by atoms with E-state index in [0.717, 1.165) is 31.5 Å². The van der Waals surface area contributed by atoms with E-state index in [4.69, 9.17) is 9.47 Å². The first-order valence-corrected chi connectivity index (χ1v) is 12.2. The Labute approximate surface area is 201 Å². The highest BCUT2D eigenvalue weighted by molar-refractivity contribution is 5.95. The maximum Gasteiger partial charge on any atom is 0.254 e. The summed E-state index contributed by atoms with van der Waals surface area (Å²) in [7, 11) is 0. The topological polar surface area (TPSA) is 62.2 Å². The van der Waals surface area contributed by atoms with Crippen molar-refractivity contribution in [3.63, 3.8) is 0 Å². The van der Waals surface area contributed by atoms with Crippen molar-refractivity contribution >= 4 is 5.91 Å². The monoisotopic (exact) mass is 460 g/mol. The molecule has 6 heteroatoms. The minimum Gasteiger partial charge on any atom is -0.454 e. The Morgan fingerprint density at radius 1 is 1.09 bits per heavy atom. The molecule has 2 saturated heterocycles. The zero-order chi connectivity index (χ0) is 23.7. The number of ether oxygens (including phenoxy) is 2. The maximum atomic E-state index is 13.5. The van der Waals surface area contributed by atoms with Gasteiger partial charge in [0.1, 0.15) is 0 Å². The lowest BCUT2D eigenvalue weighted by atomic mass is 9.74. The van der Waals surface area contributed by atoms with Gasteiger partial charge in [0, 0.05) is 48.1 Å². The van der Waals surface area contributed by atoms with E-state index in [1.54, 1.807) is 6.07 Å². The molecule has 3 aliphatic rings. The van der Waals surface area contributed by atoms with E-state index in [9.17, 15) is 9.90 Å². The van der Waals surface area contributed by atoms with E-state index in [1.165, 1.54) is 5.56 Å². The van der Waals surface area contributed by atoms with Gasteiger partial charge in [-0.05, 0) is 55.3 Å². The van der Waals surface area contributed by atoms with E-state index in [0.29, 0.717) is 29.5 Å². The number of rotatable bonds is 3. The van der Waals surface area contributed by atoms with Crippen LogP contribution in [0.4, 0.5) is 0 Å². The fraction of sp³-hybridized carbons (Fsp3) is 0.464. The fourth-order valence-electron chi connectivity index (χ4n) is 5.35. The Morgan fingerprint density at radius 2 is 1.85 bits per heavy atom. The Morgan fingerprint density at radius 3 is 2.62 bits per heavy atom. The van der Waals surface area contributed by atoms with Crippen LogP contribution < -0.4 is 9.47 Å². The molecule has 5 rings (SSSR count). The highest BCUT2D eigenvalue weighted by Gasteiger charge is 2.49. The summed E-state index contributed by atoms with van der Waals surface area (Å²) in [6.45, 7) is 6.81. The van der Waals surface area contributed by atoms with Gasteiger partial charge in [0.15, 0.2) is 11.5 Å². The van der Waals surface area contributed by atoms with Gasteiger partial charge in [0.2, 0.25) is 6.79 Å². The molecule has 0 aliphatic carbocycles. The predicted octanol–water partition coefficient (Wildman–Crippen LogP) is 3.49. The summed E-state index contributed by atoms with van der Waals surface area (Å²) in [5, 5.41) is 10.2. The molecule has 3 atom stereocenters. The number of aliphatic hydroxyl groups excluding tert-OH is 1. The Kier molecular flexibility index (Phi) is 6.49. The molecule has 178 valence electrons. The molecule has 1 N–H and O–H groups in total. The number of hydrogen-bond donors (Lipinski definition) is 1. The summed E-state index contributed by atoms with van der Waals surface area (Å²) in [5.74, 6) is 8.28. The SMILES string of the molecule is CC(C)C#Cc1ccc([C@@H]2[C@@H](CO)N3CCCCN(C(=O)c4ccc5c(c4)OCO5)C[C@@H]23)cc1. The lowest BCUT2D eigenvalue weighted by Crippen LogP contribution is -2.67. The van der Waals surface area contributed by atoms with Crippen LogP contribution in [-0.2, 0) is 0 Å². The van der Waals surface area contributed by atoms with Crippen molar-refractivity contribution in [2.45, 2.75) is 44.7 Å². The number of carbonyl (C=O) groups is 1. The first kappa shape index (κ1) is 22.8. The van der Waals surface area contributed by atoms with Crippen LogP contribution in [0.1, 0.15) is 54.1 Å². The van der Waals surface area contributed by atoms with Crippen LogP contribution in [0.15, 0.2) is 42.5 Å². The lowest BCUT2D eigenvalue weighted by Gasteiger charge is -2.57. The van der Waals surface area contributed by atoms with Crippen LogP contribution in [0, 0.1) is 17.8 Å². The molecule has 0 spiro atoms. The first-order chi connectivity index (χ1) is 16.5. The van der Waals surface area contributed by atoms with Crippen LogP contribution in [0.25, 0.3) is 0 Å². The quantitative estimate of drug-likeness (QED) is 0.711. The molecular formula is C28H32N2O4. The van der Waals surface area contributed by atoms with Crippen molar-refractivity contribution < 1.29 is 19.4 Å². The Bertz CT molecular complexity index is 1100. The van der Waals surface area contributed by atoms with Crippen LogP contribution in [-0.4, -0.2) is 65.9 Å². The summed E-state index contributed by atoms with van der Waals surface area (Å²) in [6, 6.07) is 14.1. The number of nitrogens with zero attached hydrogens (tertiary/aromatic N) is 2. The molecule has 3 aliphatic heterocycles. The second-order valence-electron chi connectivity index (χ2n) is 9.65. The molecule has 0 bridgehead atoms. The normalized spacial score (nSPS) is 23.9. The summed E-state index contributed by atoms with van der Waals surface area (Å²) < 4.78 is 10.9. The average molecular weight is 461 g/mol. The van der Waals surface area contributed by atoms with Gasteiger partial charge in [-0.15, -0.1) is 0 Å². The average Bonchev–Trinajstić information content (AvgIpc) is 3.30. The van der Waals surface area contributed by atoms with Gasteiger partial charge < -0.3 is 19.5 Å². The number of fused-ring (bicyclic) bond motifs is 2. The van der Waals surface area contributed by atoms with E-state index < -0.39 is 0 Å². The standard InChI is InChI=1S/C28H32N2O4/c1-19(2)5-6-20-7-9-21(10-8-20)27-23-16-29(13-3-4-14-30(23)24(27)17-31)28(32)22-11-12-25-26(15-22)34-18-33-25/h7-12,15,19,23-24,27,31H,3-4,13-14,16-18H2,1-2H3/t23-,24+,27-/m0/s1. The van der Waals surface area contributed by atoms with Crippen molar-refractivity contribution in [1.29, 1.82) is 0 Å². The van der Waals surface area contributed by atoms with E-state index >= 15 is 0 Å².